The first kappa shape index (κ1) is 6.84. The van der Waals surface area contributed by atoms with Crippen LogP contribution in [0.15, 0.2) is 0 Å². The fraction of sp³-hybridized carbons (Fsp3) is 1.00. The number of rotatable bonds is 3. The quantitative estimate of drug-likeness (QED) is 0.305. The van der Waals surface area contributed by atoms with Crippen LogP contribution in [-0.4, -0.2) is 23.1 Å². The first-order chi connectivity index (χ1) is 3.31. The second-order valence-corrected chi connectivity index (χ2v) is 1.10. The van der Waals surface area contributed by atoms with Crippen LogP contribution in [0.2, 0.25) is 0 Å². The minimum Gasteiger partial charge on any atom is -0.396 e. The molecule has 0 radical (unpaired) electrons. The van der Waals surface area contributed by atoms with Gasteiger partial charge in [0.15, 0.2) is 6.29 Å². The van der Waals surface area contributed by atoms with Crippen molar-refractivity contribution in [1.82, 2.24) is 0 Å². The molecule has 0 heterocycles. The summed E-state index contributed by atoms with van der Waals surface area (Å²) in [4.78, 5) is 3.89. The highest BCUT2D eigenvalue weighted by molar-refractivity contribution is 4.33. The van der Waals surface area contributed by atoms with Crippen molar-refractivity contribution >= 4 is 0 Å². The summed E-state index contributed by atoms with van der Waals surface area (Å²) in [5.41, 5.74) is 0. The molecule has 0 aliphatic rings. The van der Waals surface area contributed by atoms with Gasteiger partial charge in [0.05, 0.1) is 0 Å². The Kier molecular flexibility index (Phi) is 3.92. The van der Waals surface area contributed by atoms with Gasteiger partial charge in [0.2, 0.25) is 0 Å². The number of hydrogen-bond donors (Lipinski definition) is 3. The summed E-state index contributed by atoms with van der Waals surface area (Å²) < 4.78 is 0. The largest absolute Gasteiger partial charge is 0.396 e. The van der Waals surface area contributed by atoms with Crippen LogP contribution in [0.3, 0.4) is 0 Å². The van der Waals surface area contributed by atoms with Crippen molar-refractivity contribution in [3.05, 3.63) is 0 Å². The van der Waals surface area contributed by atoms with Crippen molar-refractivity contribution in [2.24, 2.45) is 5.90 Å². The van der Waals surface area contributed by atoms with Crippen LogP contribution in [0.4, 0.5) is 0 Å². The Hall–Kier alpha value is -0.160. The fourth-order valence-electron chi connectivity index (χ4n) is 0.178. The molecular weight excluding hydrogens is 98.0 g/mol. The Morgan fingerprint density at radius 3 is 2.43 bits per heavy atom. The molecule has 0 aromatic heterocycles. The van der Waals surface area contributed by atoms with Crippen LogP contribution in [0, 0.1) is 0 Å². The molecule has 1 unspecified atom stereocenters. The summed E-state index contributed by atoms with van der Waals surface area (Å²) >= 11 is 0. The summed E-state index contributed by atoms with van der Waals surface area (Å²) in [7, 11) is 0. The van der Waals surface area contributed by atoms with Crippen molar-refractivity contribution in [3.63, 3.8) is 0 Å². The van der Waals surface area contributed by atoms with Gasteiger partial charge in [0, 0.05) is 13.0 Å². The Bertz CT molecular complexity index is 41.2. The van der Waals surface area contributed by atoms with E-state index in [9.17, 15) is 0 Å². The van der Waals surface area contributed by atoms with Gasteiger partial charge in [0.25, 0.3) is 0 Å². The second-order valence-electron chi connectivity index (χ2n) is 1.10. The van der Waals surface area contributed by atoms with Gasteiger partial charge in [-0.15, -0.1) is 0 Å². The highest BCUT2D eigenvalue weighted by Gasteiger charge is 1.96. The molecule has 1 atom stereocenters. The maximum Gasteiger partial charge on any atom is 0.176 e. The summed E-state index contributed by atoms with van der Waals surface area (Å²) in [6.45, 7) is -0.113. The molecule has 0 aromatic carbocycles. The van der Waals surface area contributed by atoms with Gasteiger partial charge < -0.3 is 10.2 Å². The van der Waals surface area contributed by atoms with Gasteiger partial charge in [-0.25, -0.2) is 5.90 Å². The zero-order valence-corrected chi connectivity index (χ0v) is 3.87. The molecule has 0 spiro atoms. The zero-order valence-electron chi connectivity index (χ0n) is 3.87. The fourth-order valence-corrected chi connectivity index (χ4v) is 0.178. The molecule has 7 heavy (non-hydrogen) atoms. The van der Waals surface area contributed by atoms with Gasteiger partial charge in [-0.05, 0) is 0 Å². The van der Waals surface area contributed by atoms with E-state index in [0.717, 1.165) is 0 Å². The summed E-state index contributed by atoms with van der Waals surface area (Å²) in [6, 6.07) is 0. The Labute approximate surface area is 41.5 Å². The summed E-state index contributed by atoms with van der Waals surface area (Å²) in [5, 5.41) is 16.4. The van der Waals surface area contributed by atoms with Crippen LogP contribution >= 0.6 is 0 Å². The zero-order chi connectivity index (χ0) is 5.70. The van der Waals surface area contributed by atoms with E-state index in [2.05, 4.69) is 10.7 Å². The third kappa shape index (κ3) is 3.68. The van der Waals surface area contributed by atoms with Crippen molar-refractivity contribution < 1.29 is 15.1 Å². The molecular formula is C3H9NO3. The van der Waals surface area contributed by atoms with Crippen molar-refractivity contribution in [3.8, 4) is 0 Å². The predicted octanol–water partition coefficient (Wildman–Crippen LogP) is -1.42. The van der Waals surface area contributed by atoms with Crippen LogP contribution in [0.5, 0.6) is 0 Å². The van der Waals surface area contributed by atoms with Crippen molar-refractivity contribution in [2.45, 2.75) is 12.7 Å². The maximum atomic E-state index is 8.35. The van der Waals surface area contributed by atoms with E-state index in [1.807, 2.05) is 0 Å². The first-order valence-electron chi connectivity index (χ1n) is 1.95. The number of hydrogen-bond acceptors (Lipinski definition) is 4. The molecule has 0 aliphatic carbocycles. The van der Waals surface area contributed by atoms with E-state index in [-0.39, 0.29) is 13.0 Å². The third-order valence-corrected chi connectivity index (χ3v) is 0.533. The van der Waals surface area contributed by atoms with E-state index in [1.165, 1.54) is 0 Å². The van der Waals surface area contributed by atoms with Gasteiger partial charge in [-0.2, -0.15) is 0 Å². The van der Waals surface area contributed by atoms with E-state index in [4.69, 9.17) is 10.2 Å². The Morgan fingerprint density at radius 2 is 2.29 bits per heavy atom. The lowest BCUT2D eigenvalue weighted by molar-refractivity contribution is -0.111. The molecule has 0 aliphatic heterocycles. The monoisotopic (exact) mass is 107 g/mol. The molecule has 4 heteroatoms. The topological polar surface area (TPSA) is 75.7 Å². The minimum absolute atomic E-state index is 0.113. The van der Waals surface area contributed by atoms with E-state index in [0.29, 0.717) is 0 Å². The van der Waals surface area contributed by atoms with Gasteiger partial charge in [-0.3, -0.25) is 4.84 Å². The van der Waals surface area contributed by atoms with Crippen molar-refractivity contribution in [1.29, 1.82) is 0 Å². The third-order valence-electron chi connectivity index (χ3n) is 0.533. The van der Waals surface area contributed by atoms with E-state index in [1.54, 1.807) is 0 Å². The number of nitrogens with two attached hydrogens (primary N) is 1. The molecule has 0 aromatic rings. The predicted molar refractivity (Wildman–Crippen MR) is 23.0 cm³/mol. The molecule has 0 saturated heterocycles. The molecule has 4 N–H and O–H groups in total. The smallest absolute Gasteiger partial charge is 0.176 e. The standard InChI is InChI=1S/C3H9NO3/c4-7-3(6)1-2-5/h3,5-6H,1-2,4H2. The second kappa shape index (κ2) is 4.01. The average Bonchev–Trinajstić information content (AvgIpc) is 1.68. The van der Waals surface area contributed by atoms with Gasteiger partial charge in [-0.1, -0.05) is 0 Å². The highest BCUT2D eigenvalue weighted by atomic mass is 16.7. The van der Waals surface area contributed by atoms with Gasteiger partial charge in [0.1, 0.15) is 0 Å². The molecule has 0 fully saturated rings. The lowest BCUT2D eigenvalue weighted by Gasteiger charge is -2.01. The van der Waals surface area contributed by atoms with E-state index < -0.39 is 6.29 Å². The SMILES string of the molecule is NOC(O)CCO. The summed E-state index contributed by atoms with van der Waals surface area (Å²) in [5.74, 6) is 4.50. The lowest BCUT2D eigenvalue weighted by Crippen LogP contribution is -2.17. The van der Waals surface area contributed by atoms with E-state index >= 15 is 0 Å². The van der Waals surface area contributed by atoms with Crippen LogP contribution < -0.4 is 5.90 Å². The number of aliphatic hydroxyl groups excluding tert-OH is 2. The minimum atomic E-state index is -1.02. The molecule has 44 valence electrons. The molecule has 0 saturated carbocycles. The Balaban J connectivity index is 2.83. The number of aliphatic hydroxyl groups is 2. The highest BCUT2D eigenvalue weighted by Crippen LogP contribution is 1.85. The molecule has 0 bridgehead atoms. The van der Waals surface area contributed by atoms with Gasteiger partial charge >= 0.3 is 0 Å². The molecule has 0 rings (SSSR count). The van der Waals surface area contributed by atoms with Crippen molar-refractivity contribution in [2.75, 3.05) is 6.61 Å². The van der Waals surface area contributed by atoms with Crippen LogP contribution in [0.25, 0.3) is 0 Å². The summed E-state index contributed by atoms with van der Waals surface area (Å²) in [6.07, 6.45) is -0.860. The first-order valence-corrected chi connectivity index (χ1v) is 1.95. The van der Waals surface area contributed by atoms with Crippen LogP contribution in [-0.2, 0) is 4.84 Å². The maximum absolute atomic E-state index is 8.35. The normalized spacial score (nSPS) is 14.1. The molecule has 0 amide bonds. The molecule has 4 nitrogen and oxygen atoms in total. The lowest BCUT2D eigenvalue weighted by atomic mass is 10.4. The average molecular weight is 107 g/mol. The Morgan fingerprint density at radius 1 is 1.71 bits per heavy atom. The van der Waals surface area contributed by atoms with Crippen LogP contribution in [0.1, 0.15) is 6.42 Å².